The minimum absolute atomic E-state index is 0.318. The van der Waals surface area contributed by atoms with Gasteiger partial charge in [0.05, 0.1) is 6.61 Å². The van der Waals surface area contributed by atoms with Gasteiger partial charge in [-0.3, -0.25) is 0 Å². The van der Waals surface area contributed by atoms with Crippen molar-refractivity contribution in [3.8, 4) is 5.75 Å². The quantitative estimate of drug-likeness (QED) is 0.699. The number of benzene rings is 1. The van der Waals surface area contributed by atoms with Gasteiger partial charge in [0.25, 0.3) is 0 Å². The number of hydrogen-bond donors (Lipinski definition) is 0. The predicted molar refractivity (Wildman–Crippen MR) is 79.8 cm³/mol. The van der Waals surface area contributed by atoms with Crippen molar-refractivity contribution in [1.29, 1.82) is 0 Å². The van der Waals surface area contributed by atoms with Crippen molar-refractivity contribution in [1.82, 2.24) is 10.2 Å². The number of anilines is 1. The minimum Gasteiger partial charge on any atom is -0.493 e. The van der Waals surface area contributed by atoms with Crippen LogP contribution in [0.15, 0.2) is 28.7 Å². The summed E-state index contributed by atoms with van der Waals surface area (Å²) in [6.07, 6.45) is 0.824. The first-order valence-corrected chi connectivity index (χ1v) is 6.97. The molecule has 2 rings (SSSR count). The fraction of sp³-hybridized carbons (Fsp3) is 0.429. The number of ether oxygens (including phenoxy) is 2. The summed E-state index contributed by atoms with van der Waals surface area (Å²) in [5.74, 6) is 1.24. The van der Waals surface area contributed by atoms with Gasteiger partial charge < -0.3 is 18.8 Å². The van der Waals surface area contributed by atoms with Gasteiger partial charge in [-0.05, 0) is 24.6 Å². The van der Waals surface area contributed by atoms with Crippen LogP contribution in [0, 0.1) is 0 Å². The van der Waals surface area contributed by atoms with E-state index in [9.17, 15) is 0 Å². The lowest BCUT2D eigenvalue weighted by atomic mass is 10.3. The number of rotatable bonds is 8. The zero-order chi connectivity index (χ0) is 15.1. The van der Waals surface area contributed by atoms with Crippen LogP contribution < -0.4 is 9.64 Å². The molecule has 0 aliphatic heterocycles. The number of hydrogen-bond acceptors (Lipinski definition) is 6. The third kappa shape index (κ3) is 4.91. The Kier molecular flexibility index (Phi) is 5.83. The molecular weight excluding hydrogens is 294 g/mol. The summed E-state index contributed by atoms with van der Waals surface area (Å²) in [6.45, 7) is 1.65. The van der Waals surface area contributed by atoms with E-state index < -0.39 is 0 Å². The zero-order valence-electron chi connectivity index (χ0n) is 12.1. The largest absolute Gasteiger partial charge is 0.493 e. The standard InChI is InChI=1S/C14H18ClN3O3/c1-18(14-17-16-13(21-14)10-19-2)7-4-8-20-12-6-3-5-11(15)9-12/h3,5-6,9H,4,7-8,10H2,1-2H3. The summed E-state index contributed by atoms with van der Waals surface area (Å²) < 4.78 is 16.0. The maximum Gasteiger partial charge on any atom is 0.317 e. The summed E-state index contributed by atoms with van der Waals surface area (Å²) in [6, 6.07) is 7.82. The molecule has 0 aliphatic carbocycles. The van der Waals surface area contributed by atoms with Crippen molar-refractivity contribution in [2.45, 2.75) is 13.0 Å². The Labute approximate surface area is 128 Å². The van der Waals surface area contributed by atoms with Gasteiger partial charge in [0.15, 0.2) is 0 Å². The predicted octanol–water partition coefficient (Wildman–Crippen LogP) is 2.77. The zero-order valence-corrected chi connectivity index (χ0v) is 12.8. The maximum atomic E-state index is 5.89. The third-order valence-corrected chi connectivity index (χ3v) is 2.99. The molecule has 0 amide bonds. The van der Waals surface area contributed by atoms with Crippen molar-refractivity contribution in [3.63, 3.8) is 0 Å². The summed E-state index contributed by atoms with van der Waals surface area (Å²) in [7, 11) is 3.48. The molecule has 0 unspecified atom stereocenters. The molecular formula is C14H18ClN3O3. The third-order valence-electron chi connectivity index (χ3n) is 2.75. The smallest absolute Gasteiger partial charge is 0.317 e. The van der Waals surface area contributed by atoms with Crippen LogP contribution in [-0.4, -0.2) is 37.5 Å². The van der Waals surface area contributed by atoms with Gasteiger partial charge in [-0.2, -0.15) is 0 Å². The first kappa shape index (κ1) is 15.6. The lowest BCUT2D eigenvalue weighted by Crippen LogP contribution is -2.20. The number of aromatic nitrogens is 2. The molecule has 2 aromatic rings. The highest BCUT2D eigenvalue weighted by atomic mass is 35.5. The number of nitrogens with zero attached hydrogens (tertiary/aromatic N) is 3. The topological polar surface area (TPSA) is 60.6 Å². The van der Waals surface area contributed by atoms with E-state index in [2.05, 4.69) is 10.2 Å². The molecule has 0 bridgehead atoms. The van der Waals surface area contributed by atoms with Crippen LogP contribution in [0.1, 0.15) is 12.3 Å². The van der Waals surface area contributed by atoms with Crippen molar-refractivity contribution >= 4 is 17.6 Å². The average Bonchev–Trinajstić information content (AvgIpc) is 2.93. The highest BCUT2D eigenvalue weighted by Gasteiger charge is 2.10. The number of methoxy groups -OCH3 is 1. The lowest BCUT2D eigenvalue weighted by Gasteiger charge is -2.14. The molecule has 0 fully saturated rings. The normalized spacial score (nSPS) is 10.6. The SMILES string of the molecule is COCc1nnc(N(C)CCCOc2cccc(Cl)c2)o1. The van der Waals surface area contributed by atoms with Crippen LogP contribution >= 0.6 is 11.6 Å². The second kappa shape index (κ2) is 7.85. The van der Waals surface area contributed by atoms with Gasteiger partial charge >= 0.3 is 6.01 Å². The molecule has 1 aromatic heterocycles. The van der Waals surface area contributed by atoms with Crippen LogP contribution in [0.4, 0.5) is 6.01 Å². The van der Waals surface area contributed by atoms with Crippen molar-refractivity contribution < 1.29 is 13.9 Å². The molecule has 21 heavy (non-hydrogen) atoms. The van der Waals surface area contributed by atoms with E-state index in [-0.39, 0.29) is 0 Å². The van der Waals surface area contributed by atoms with Crippen molar-refractivity contribution in [2.75, 3.05) is 32.2 Å². The van der Waals surface area contributed by atoms with E-state index in [0.29, 0.717) is 30.1 Å². The summed E-state index contributed by atoms with van der Waals surface area (Å²) >= 11 is 5.89. The molecule has 114 valence electrons. The Morgan fingerprint density at radius 3 is 2.95 bits per heavy atom. The van der Waals surface area contributed by atoms with Gasteiger partial charge in [0, 0.05) is 25.7 Å². The minimum atomic E-state index is 0.318. The van der Waals surface area contributed by atoms with Crippen LogP contribution in [0.5, 0.6) is 5.75 Å². The molecule has 0 spiro atoms. The van der Waals surface area contributed by atoms with Crippen LogP contribution in [0.3, 0.4) is 0 Å². The van der Waals surface area contributed by atoms with Crippen LogP contribution in [0.2, 0.25) is 5.02 Å². The monoisotopic (exact) mass is 311 g/mol. The molecule has 0 aliphatic rings. The Hall–Kier alpha value is -1.79. The van der Waals surface area contributed by atoms with E-state index in [1.165, 1.54) is 0 Å². The van der Waals surface area contributed by atoms with Gasteiger partial charge in [0.1, 0.15) is 12.4 Å². The van der Waals surface area contributed by atoms with Crippen LogP contribution in [0.25, 0.3) is 0 Å². The molecule has 1 aromatic carbocycles. The maximum absolute atomic E-state index is 5.89. The van der Waals surface area contributed by atoms with E-state index in [1.807, 2.05) is 30.1 Å². The van der Waals surface area contributed by atoms with Gasteiger partial charge in [-0.25, -0.2) is 0 Å². The highest BCUT2D eigenvalue weighted by Crippen LogP contribution is 2.17. The van der Waals surface area contributed by atoms with Gasteiger partial charge in [0.2, 0.25) is 5.89 Å². The average molecular weight is 312 g/mol. The Balaban J connectivity index is 1.72. The molecule has 7 heteroatoms. The first-order chi connectivity index (χ1) is 10.2. The van der Waals surface area contributed by atoms with E-state index in [4.69, 9.17) is 25.5 Å². The van der Waals surface area contributed by atoms with E-state index in [1.54, 1.807) is 13.2 Å². The molecule has 6 nitrogen and oxygen atoms in total. The Morgan fingerprint density at radius 1 is 1.33 bits per heavy atom. The van der Waals surface area contributed by atoms with Gasteiger partial charge in [-0.1, -0.05) is 22.8 Å². The Morgan fingerprint density at radius 2 is 2.19 bits per heavy atom. The molecule has 0 saturated carbocycles. The highest BCUT2D eigenvalue weighted by molar-refractivity contribution is 6.30. The summed E-state index contributed by atoms with van der Waals surface area (Å²) in [5.41, 5.74) is 0. The first-order valence-electron chi connectivity index (χ1n) is 6.60. The van der Waals surface area contributed by atoms with Crippen molar-refractivity contribution in [3.05, 3.63) is 35.2 Å². The molecule has 0 radical (unpaired) electrons. The molecule has 0 atom stereocenters. The lowest BCUT2D eigenvalue weighted by molar-refractivity contribution is 0.160. The number of halogens is 1. The fourth-order valence-electron chi connectivity index (χ4n) is 1.72. The fourth-order valence-corrected chi connectivity index (χ4v) is 1.91. The second-order valence-corrected chi connectivity index (χ2v) is 4.93. The molecule has 0 N–H and O–H groups in total. The molecule has 1 heterocycles. The Bertz CT molecular complexity index is 562. The van der Waals surface area contributed by atoms with Crippen LogP contribution in [-0.2, 0) is 11.3 Å². The van der Waals surface area contributed by atoms with E-state index in [0.717, 1.165) is 18.7 Å². The van der Waals surface area contributed by atoms with E-state index >= 15 is 0 Å². The second-order valence-electron chi connectivity index (χ2n) is 4.49. The summed E-state index contributed by atoms with van der Waals surface area (Å²) in [4.78, 5) is 1.88. The van der Waals surface area contributed by atoms with Crippen molar-refractivity contribution in [2.24, 2.45) is 0 Å². The molecule has 0 saturated heterocycles. The summed E-state index contributed by atoms with van der Waals surface area (Å²) in [5, 5.41) is 8.51. The van der Waals surface area contributed by atoms with Gasteiger partial charge in [-0.15, -0.1) is 5.10 Å².